The lowest BCUT2D eigenvalue weighted by atomic mass is 9.98. The normalized spacial score (nSPS) is 20.1. The first-order chi connectivity index (χ1) is 15.3. The molecule has 0 saturated carbocycles. The highest BCUT2D eigenvalue weighted by Crippen LogP contribution is 2.40. The molecule has 0 aromatic heterocycles. The quantitative estimate of drug-likeness (QED) is 0.631. The zero-order valence-corrected chi connectivity index (χ0v) is 19.7. The standard InChI is InChI=1S/C23H20ClF2N3O2S.ClH/c24-15-5-1-14(2-6-15)10-29-11-17(19(26)22-20(29)21(30)18(27)12-32-22)23(31)28-9-13-3-7-16(25)8-4-13;/h1-8,11,18,20H,9-10,12,27H2,(H,28,31);1H/t18-,20?;/m0./s1. The van der Waals surface area contributed by atoms with Crippen molar-refractivity contribution in [1.82, 2.24) is 10.2 Å². The number of fused-ring (bicyclic) bond motifs is 1. The third-order valence-corrected chi connectivity index (χ3v) is 6.76. The van der Waals surface area contributed by atoms with Crippen molar-refractivity contribution in [3.8, 4) is 0 Å². The number of carbonyl (C=O) groups excluding carboxylic acids is 2. The third-order valence-electron chi connectivity index (χ3n) is 5.27. The van der Waals surface area contributed by atoms with Crippen LogP contribution < -0.4 is 11.1 Å². The van der Waals surface area contributed by atoms with Crippen LogP contribution in [0.1, 0.15) is 11.1 Å². The van der Waals surface area contributed by atoms with Gasteiger partial charge in [-0.15, -0.1) is 24.2 Å². The minimum atomic E-state index is -0.881. The van der Waals surface area contributed by atoms with Crippen molar-refractivity contribution in [2.45, 2.75) is 25.2 Å². The average molecular weight is 512 g/mol. The lowest BCUT2D eigenvalue weighted by Crippen LogP contribution is -2.52. The number of benzene rings is 2. The van der Waals surface area contributed by atoms with Crippen LogP contribution in [0.3, 0.4) is 0 Å². The molecule has 5 nitrogen and oxygen atoms in total. The van der Waals surface area contributed by atoms with Gasteiger partial charge in [-0.3, -0.25) is 9.59 Å². The first-order valence-electron chi connectivity index (χ1n) is 9.90. The number of Topliss-reactive ketones (excluding diaryl/α,β-unsaturated/α-hetero) is 1. The summed E-state index contributed by atoms with van der Waals surface area (Å²) in [5.41, 5.74) is 7.29. The van der Waals surface area contributed by atoms with E-state index in [1.807, 2.05) is 0 Å². The van der Waals surface area contributed by atoms with E-state index >= 15 is 4.39 Å². The molecule has 0 radical (unpaired) electrons. The lowest BCUT2D eigenvalue weighted by molar-refractivity contribution is -0.124. The SMILES string of the molecule is Cl.N[C@H]1CSC2=C(F)C(C(=O)NCc3ccc(F)cc3)=CN(Cc3ccc(Cl)cc3)C2C1=O. The molecule has 1 unspecified atom stereocenters. The highest BCUT2D eigenvalue weighted by Gasteiger charge is 2.42. The van der Waals surface area contributed by atoms with Crippen LogP contribution in [0, 0.1) is 5.82 Å². The maximum absolute atomic E-state index is 15.3. The Kier molecular flexibility index (Phi) is 8.18. The van der Waals surface area contributed by atoms with Crippen molar-refractivity contribution in [1.29, 1.82) is 0 Å². The number of amides is 1. The predicted molar refractivity (Wildman–Crippen MR) is 128 cm³/mol. The first-order valence-corrected chi connectivity index (χ1v) is 11.3. The van der Waals surface area contributed by atoms with Gasteiger partial charge in [0.15, 0.2) is 5.78 Å². The van der Waals surface area contributed by atoms with Gasteiger partial charge in [-0.25, -0.2) is 8.78 Å². The fourth-order valence-electron chi connectivity index (χ4n) is 3.58. The zero-order valence-electron chi connectivity index (χ0n) is 17.3. The number of halogens is 4. The Morgan fingerprint density at radius 1 is 1.12 bits per heavy atom. The molecule has 33 heavy (non-hydrogen) atoms. The number of thioether (sulfide) groups is 1. The van der Waals surface area contributed by atoms with Gasteiger partial charge in [0.2, 0.25) is 0 Å². The van der Waals surface area contributed by atoms with Gasteiger partial charge in [0.05, 0.1) is 16.5 Å². The second kappa shape index (κ2) is 10.7. The van der Waals surface area contributed by atoms with Crippen LogP contribution in [-0.4, -0.2) is 34.4 Å². The minimum absolute atomic E-state index is 0. The molecule has 0 bridgehead atoms. The Bertz CT molecular complexity index is 1110. The molecule has 4 rings (SSSR count). The molecule has 174 valence electrons. The third kappa shape index (κ3) is 5.58. The summed E-state index contributed by atoms with van der Waals surface area (Å²) in [6, 6.07) is 11.1. The van der Waals surface area contributed by atoms with Crippen LogP contribution >= 0.6 is 35.8 Å². The van der Waals surface area contributed by atoms with Crippen molar-refractivity contribution in [3.05, 3.63) is 93.0 Å². The van der Waals surface area contributed by atoms with Crippen molar-refractivity contribution in [2.75, 3.05) is 5.75 Å². The van der Waals surface area contributed by atoms with Gasteiger partial charge >= 0.3 is 0 Å². The van der Waals surface area contributed by atoms with Gasteiger partial charge in [-0.1, -0.05) is 35.9 Å². The number of nitrogens with zero attached hydrogens (tertiary/aromatic N) is 1. The maximum Gasteiger partial charge on any atom is 0.256 e. The van der Waals surface area contributed by atoms with Gasteiger partial charge < -0.3 is 16.0 Å². The number of rotatable bonds is 5. The summed E-state index contributed by atoms with van der Waals surface area (Å²) >= 11 is 7.11. The van der Waals surface area contributed by atoms with Gasteiger partial charge in [-0.2, -0.15) is 0 Å². The van der Waals surface area contributed by atoms with E-state index in [-0.39, 0.29) is 53.3 Å². The molecule has 0 aliphatic carbocycles. The summed E-state index contributed by atoms with van der Waals surface area (Å²) in [5.74, 6) is -1.76. The maximum atomic E-state index is 15.3. The molecule has 2 aromatic carbocycles. The summed E-state index contributed by atoms with van der Waals surface area (Å²) in [6.45, 7) is 0.378. The Labute approximate surface area is 205 Å². The van der Waals surface area contributed by atoms with Crippen LogP contribution in [0.15, 0.2) is 71.0 Å². The lowest BCUT2D eigenvalue weighted by Gasteiger charge is -2.39. The van der Waals surface area contributed by atoms with Crippen LogP contribution in [0.4, 0.5) is 8.78 Å². The Balaban J connectivity index is 0.00000306. The zero-order chi connectivity index (χ0) is 22.8. The summed E-state index contributed by atoms with van der Waals surface area (Å²) in [7, 11) is 0. The number of ketones is 1. The fourth-order valence-corrected chi connectivity index (χ4v) is 4.87. The van der Waals surface area contributed by atoms with Gasteiger partial charge in [0, 0.05) is 30.1 Å². The molecular weight excluding hydrogens is 491 g/mol. The van der Waals surface area contributed by atoms with Crippen LogP contribution in [0.5, 0.6) is 0 Å². The smallest absolute Gasteiger partial charge is 0.256 e. The first kappa shape index (κ1) is 25.2. The van der Waals surface area contributed by atoms with E-state index in [4.69, 9.17) is 17.3 Å². The van der Waals surface area contributed by atoms with E-state index in [9.17, 15) is 14.0 Å². The molecule has 0 spiro atoms. The second-order valence-electron chi connectivity index (χ2n) is 7.55. The molecular formula is C23H21Cl2F2N3O2S. The minimum Gasteiger partial charge on any atom is -0.358 e. The molecule has 2 aliphatic rings. The Morgan fingerprint density at radius 3 is 2.42 bits per heavy atom. The van der Waals surface area contributed by atoms with E-state index in [2.05, 4.69) is 5.32 Å². The van der Waals surface area contributed by atoms with E-state index < -0.39 is 23.8 Å². The number of nitrogens with one attached hydrogen (secondary N) is 1. The van der Waals surface area contributed by atoms with Crippen LogP contribution in [0.2, 0.25) is 5.02 Å². The monoisotopic (exact) mass is 511 g/mol. The van der Waals surface area contributed by atoms with Crippen molar-refractivity contribution >= 4 is 47.5 Å². The van der Waals surface area contributed by atoms with E-state index in [1.54, 1.807) is 41.3 Å². The number of carbonyl (C=O) groups is 2. The molecule has 3 N–H and O–H groups in total. The summed E-state index contributed by atoms with van der Waals surface area (Å²) in [4.78, 5) is 27.5. The van der Waals surface area contributed by atoms with Crippen molar-refractivity contribution in [3.63, 3.8) is 0 Å². The van der Waals surface area contributed by atoms with Crippen molar-refractivity contribution in [2.24, 2.45) is 5.73 Å². The summed E-state index contributed by atoms with van der Waals surface area (Å²) < 4.78 is 28.4. The number of nitrogens with two attached hydrogens (primary N) is 1. The molecule has 2 aliphatic heterocycles. The van der Waals surface area contributed by atoms with E-state index in [0.29, 0.717) is 10.6 Å². The highest BCUT2D eigenvalue weighted by atomic mass is 35.5. The predicted octanol–water partition coefficient (Wildman–Crippen LogP) is 4.11. The molecule has 1 fully saturated rings. The summed E-state index contributed by atoms with van der Waals surface area (Å²) in [5, 5.41) is 3.23. The van der Waals surface area contributed by atoms with Gasteiger partial charge in [-0.05, 0) is 35.4 Å². The van der Waals surface area contributed by atoms with Gasteiger partial charge in [0.1, 0.15) is 17.7 Å². The Hall–Kier alpha value is -2.39. The van der Waals surface area contributed by atoms with Crippen LogP contribution in [0.25, 0.3) is 0 Å². The average Bonchev–Trinajstić information content (AvgIpc) is 2.78. The largest absolute Gasteiger partial charge is 0.358 e. The fraction of sp³-hybridized carbons (Fsp3) is 0.217. The molecule has 2 atom stereocenters. The van der Waals surface area contributed by atoms with Gasteiger partial charge in [0.25, 0.3) is 5.91 Å². The molecule has 1 saturated heterocycles. The molecule has 2 aromatic rings. The van der Waals surface area contributed by atoms with Crippen LogP contribution in [-0.2, 0) is 22.7 Å². The van der Waals surface area contributed by atoms with E-state index in [1.165, 1.54) is 18.3 Å². The highest BCUT2D eigenvalue weighted by molar-refractivity contribution is 8.03. The molecule has 10 heteroatoms. The Morgan fingerprint density at radius 2 is 1.76 bits per heavy atom. The number of hydrogen-bond donors (Lipinski definition) is 2. The molecule has 2 heterocycles. The van der Waals surface area contributed by atoms with E-state index in [0.717, 1.165) is 17.3 Å². The van der Waals surface area contributed by atoms with Crippen molar-refractivity contribution < 1.29 is 18.4 Å². The second-order valence-corrected chi connectivity index (χ2v) is 9.05. The molecule has 1 amide bonds. The number of hydrogen-bond acceptors (Lipinski definition) is 5. The summed E-state index contributed by atoms with van der Waals surface area (Å²) in [6.07, 6.45) is 1.37. The topological polar surface area (TPSA) is 75.4 Å².